The summed E-state index contributed by atoms with van der Waals surface area (Å²) in [4.78, 5) is 12.1. The van der Waals surface area contributed by atoms with Crippen LogP contribution in [0, 0.1) is 14.9 Å². The fourth-order valence-electron chi connectivity index (χ4n) is 2.28. The highest BCUT2D eigenvalue weighted by Gasteiger charge is 2.35. The van der Waals surface area contributed by atoms with Crippen LogP contribution in [0.3, 0.4) is 0 Å². The Kier molecular flexibility index (Phi) is 4.53. The number of methoxy groups -OCH3 is 1. The number of esters is 1. The van der Waals surface area contributed by atoms with Gasteiger partial charge in [-0.05, 0) is 47.2 Å². The molecule has 1 atom stereocenters. The van der Waals surface area contributed by atoms with Gasteiger partial charge in [0.2, 0.25) is 5.88 Å². The van der Waals surface area contributed by atoms with Gasteiger partial charge >= 0.3 is 5.97 Å². The van der Waals surface area contributed by atoms with E-state index in [4.69, 9.17) is 15.2 Å². The lowest BCUT2D eigenvalue weighted by Gasteiger charge is -2.26. The molecule has 21 heavy (non-hydrogen) atoms. The smallest absolute Gasteiger partial charge is 0.338 e. The molecule has 1 aromatic rings. The van der Waals surface area contributed by atoms with Crippen molar-refractivity contribution in [2.45, 2.75) is 12.8 Å². The number of rotatable bonds is 2. The van der Waals surface area contributed by atoms with Gasteiger partial charge < -0.3 is 15.2 Å². The lowest BCUT2D eigenvalue weighted by Crippen LogP contribution is -2.25. The molecule has 6 heteroatoms. The predicted molar refractivity (Wildman–Crippen MR) is 84.5 cm³/mol. The molecule has 0 spiro atoms. The van der Waals surface area contributed by atoms with Crippen molar-refractivity contribution in [3.63, 3.8) is 0 Å². The molecule has 0 bridgehead atoms. The van der Waals surface area contributed by atoms with Gasteiger partial charge in [-0.1, -0.05) is 12.1 Å². The third kappa shape index (κ3) is 2.88. The summed E-state index contributed by atoms with van der Waals surface area (Å²) < 4.78 is 11.1. The van der Waals surface area contributed by atoms with E-state index in [2.05, 4.69) is 22.6 Å². The number of carbonyl (C=O) groups excluding carboxylic acids is 1. The molecule has 0 saturated heterocycles. The minimum absolute atomic E-state index is 0.0199. The maximum atomic E-state index is 12.1. The molecule has 2 N–H and O–H groups in total. The van der Waals surface area contributed by atoms with Gasteiger partial charge in [0.15, 0.2) is 0 Å². The molecule has 1 heterocycles. The summed E-state index contributed by atoms with van der Waals surface area (Å²) in [6, 6.07) is 9.57. The standard InChI is InChI=1S/C15H13IN2O3/c1-8-12(15(19)20-2)13(11(7-17)14(18)21-8)9-4-3-5-10(16)6-9/h3-6,13H,18H2,1-2H3. The van der Waals surface area contributed by atoms with E-state index < -0.39 is 11.9 Å². The van der Waals surface area contributed by atoms with Gasteiger partial charge in [0, 0.05) is 3.57 Å². The summed E-state index contributed by atoms with van der Waals surface area (Å²) >= 11 is 2.17. The van der Waals surface area contributed by atoms with Gasteiger partial charge in [-0.2, -0.15) is 5.26 Å². The normalized spacial score (nSPS) is 18.1. The largest absolute Gasteiger partial charge is 0.466 e. The fraction of sp³-hybridized carbons (Fsp3) is 0.200. The minimum Gasteiger partial charge on any atom is -0.466 e. The molecular formula is C15H13IN2O3. The first kappa shape index (κ1) is 15.4. The quantitative estimate of drug-likeness (QED) is 0.614. The number of allylic oxidation sites excluding steroid dienone is 2. The first-order valence-corrected chi connectivity index (χ1v) is 7.19. The zero-order valence-electron chi connectivity index (χ0n) is 11.5. The lowest BCUT2D eigenvalue weighted by molar-refractivity contribution is -0.136. The molecule has 0 fully saturated rings. The van der Waals surface area contributed by atoms with E-state index in [0.29, 0.717) is 11.3 Å². The van der Waals surface area contributed by atoms with E-state index in [-0.39, 0.29) is 11.5 Å². The Morgan fingerprint density at radius 3 is 2.81 bits per heavy atom. The number of halogens is 1. The van der Waals surface area contributed by atoms with Crippen molar-refractivity contribution in [1.29, 1.82) is 5.26 Å². The average Bonchev–Trinajstić information content (AvgIpc) is 2.45. The number of benzene rings is 1. The number of hydrogen-bond donors (Lipinski definition) is 1. The Bertz CT molecular complexity index is 701. The molecule has 0 radical (unpaired) electrons. The second-order valence-corrected chi connectivity index (χ2v) is 5.69. The Morgan fingerprint density at radius 2 is 2.24 bits per heavy atom. The summed E-state index contributed by atoms with van der Waals surface area (Å²) in [5.74, 6) is -0.740. The van der Waals surface area contributed by atoms with E-state index in [1.807, 2.05) is 30.3 Å². The van der Waals surface area contributed by atoms with Crippen LogP contribution in [0.5, 0.6) is 0 Å². The van der Waals surface area contributed by atoms with Crippen molar-refractivity contribution < 1.29 is 14.3 Å². The van der Waals surface area contributed by atoms with Crippen LogP contribution in [-0.4, -0.2) is 13.1 Å². The van der Waals surface area contributed by atoms with E-state index >= 15 is 0 Å². The van der Waals surface area contributed by atoms with Crippen molar-refractivity contribution in [3.05, 3.63) is 56.2 Å². The van der Waals surface area contributed by atoms with Gasteiger partial charge in [0.25, 0.3) is 0 Å². The Balaban J connectivity index is 2.66. The van der Waals surface area contributed by atoms with E-state index in [9.17, 15) is 10.1 Å². The number of nitrogens with zero attached hydrogens (tertiary/aromatic N) is 1. The number of ether oxygens (including phenoxy) is 2. The second kappa shape index (κ2) is 6.18. The predicted octanol–water partition coefficient (Wildman–Crippen LogP) is 2.55. The van der Waals surface area contributed by atoms with Gasteiger partial charge in [0.05, 0.1) is 18.6 Å². The van der Waals surface area contributed by atoms with Crippen molar-refractivity contribution in [2.75, 3.05) is 7.11 Å². The van der Waals surface area contributed by atoms with Crippen molar-refractivity contribution in [1.82, 2.24) is 0 Å². The first-order valence-electron chi connectivity index (χ1n) is 6.11. The fourth-order valence-corrected chi connectivity index (χ4v) is 2.84. The highest BCUT2D eigenvalue weighted by atomic mass is 127. The molecular weight excluding hydrogens is 383 g/mol. The van der Waals surface area contributed by atoms with E-state index in [0.717, 1.165) is 9.13 Å². The molecule has 0 aromatic heterocycles. The molecule has 0 saturated carbocycles. The highest BCUT2D eigenvalue weighted by Crippen LogP contribution is 2.39. The number of hydrogen-bond acceptors (Lipinski definition) is 5. The van der Waals surface area contributed by atoms with Gasteiger partial charge in [-0.3, -0.25) is 0 Å². The second-order valence-electron chi connectivity index (χ2n) is 4.44. The summed E-state index contributed by atoms with van der Waals surface area (Å²) in [7, 11) is 1.29. The van der Waals surface area contributed by atoms with Crippen LogP contribution in [0.15, 0.2) is 47.1 Å². The number of nitriles is 1. The summed E-state index contributed by atoms with van der Waals surface area (Å²) in [6.45, 7) is 1.63. The Labute approximate surface area is 136 Å². The van der Waals surface area contributed by atoms with Crippen molar-refractivity contribution >= 4 is 28.6 Å². The molecule has 2 rings (SSSR count). The Hall–Kier alpha value is -2.01. The van der Waals surface area contributed by atoms with Crippen molar-refractivity contribution in [3.8, 4) is 6.07 Å². The number of carbonyl (C=O) groups is 1. The third-order valence-electron chi connectivity index (χ3n) is 3.19. The summed E-state index contributed by atoms with van der Waals surface area (Å²) in [5, 5.41) is 9.38. The van der Waals surface area contributed by atoms with Crippen molar-refractivity contribution in [2.24, 2.45) is 5.73 Å². The molecule has 1 aliphatic rings. The monoisotopic (exact) mass is 396 g/mol. The van der Waals surface area contributed by atoms with Crippen LogP contribution in [0.4, 0.5) is 0 Å². The highest BCUT2D eigenvalue weighted by molar-refractivity contribution is 14.1. The van der Waals surface area contributed by atoms with Crippen LogP contribution in [-0.2, 0) is 14.3 Å². The SMILES string of the molecule is COC(=O)C1=C(C)OC(N)=C(C#N)C1c1cccc(I)c1. The van der Waals surface area contributed by atoms with E-state index in [1.54, 1.807) is 6.92 Å². The summed E-state index contributed by atoms with van der Waals surface area (Å²) in [6.07, 6.45) is 0. The lowest BCUT2D eigenvalue weighted by atomic mass is 9.83. The molecule has 1 aromatic carbocycles. The molecule has 5 nitrogen and oxygen atoms in total. The molecule has 1 aliphatic heterocycles. The molecule has 0 aliphatic carbocycles. The Morgan fingerprint density at radius 1 is 1.52 bits per heavy atom. The van der Waals surface area contributed by atoms with Crippen LogP contribution in [0.2, 0.25) is 0 Å². The van der Waals surface area contributed by atoms with Crippen LogP contribution in [0.25, 0.3) is 0 Å². The van der Waals surface area contributed by atoms with Crippen LogP contribution >= 0.6 is 22.6 Å². The van der Waals surface area contributed by atoms with E-state index in [1.165, 1.54) is 7.11 Å². The molecule has 1 unspecified atom stereocenters. The van der Waals surface area contributed by atoms with Gasteiger partial charge in [-0.25, -0.2) is 4.79 Å². The maximum Gasteiger partial charge on any atom is 0.338 e. The first-order chi connectivity index (χ1) is 9.99. The third-order valence-corrected chi connectivity index (χ3v) is 3.86. The summed E-state index contributed by atoms with van der Waals surface area (Å²) in [5.41, 5.74) is 7.10. The maximum absolute atomic E-state index is 12.1. The topological polar surface area (TPSA) is 85.3 Å². The van der Waals surface area contributed by atoms with Crippen LogP contribution < -0.4 is 5.73 Å². The zero-order valence-corrected chi connectivity index (χ0v) is 13.7. The van der Waals surface area contributed by atoms with Gasteiger partial charge in [-0.15, -0.1) is 0 Å². The average molecular weight is 396 g/mol. The zero-order chi connectivity index (χ0) is 15.6. The van der Waals surface area contributed by atoms with Crippen LogP contribution in [0.1, 0.15) is 18.4 Å². The molecule has 0 amide bonds. The van der Waals surface area contributed by atoms with Gasteiger partial charge in [0.1, 0.15) is 17.4 Å². The number of nitrogens with two attached hydrogens (primary N) is 1. The molecule has 108 valence electrons. The minimum atomic E-state index is -0.578.